The Morgan fingerprint density at radius 2 is 0.617 bits per heavy atom. The molecule has 0 amide bonds. The third kappa shape index (κ3) is 5.14. The van der Waals surface area contributed by atoms with Gasteiger partial charge in [-0.1, -0.05) is 164 Å². The Labute approximate surface area is 348 Å². The molecule has 0 spiro atoms. The lowest BCUT2D eigenvalue weighted by atomic mass is 9.81. The highest BCUT2D eigenvalue weighted by Gasteiger charge is 2.22. The summed E-state index contributed by atoms with van der Waals surface area (Å²) in [6, 6.07) is 76.5. The van der Waals surface area contributed by atoms with Crippen LogP contribution in [0.4, 0.5) is 0 Å². The fraction of sp³-hybridized carbons (Fsp3) is 0.0345. The van der Waals surface area contributed by atoms with Gasteiger partial charge in [0, 0.05) is 57.7 Å². The minimum atomic E-state index is 1.20. The minimum absolute atomic E-state index is 1.20. The molecule has 10 aromatic carbocycles. The zero-order valence-corrected chi connectivity index (χ0v) is 33.5. The predicted molar refractivity (Wildman–Crippen MR) is 257 cm³/mol. The number of aryl methyl sites for hydroxylation is 2. The molecule has 2 aromatic heterocycles. The molecular formula is C58H40N2. The van der Waals surface area contributed by atoms with E-state index < -0.39 is 0 Å². The smallest absolute Gasteiger partial charge is 0.0489 e. The van der Waals surface area contributed by atoms with Crippen LogP contribution in [0, 0.1) is 0 Å². The first-order valence-electron chi connectivity index (χ1n) is 20.8. The maximum Gasteiger partial charge on any atom is 0.0489 e. The number of hydrogen-bond acceptors (Lipinski definition) is 0. The molecule has 2 heterocycles. The van der Waals surface area contributed by atoms with E-state index in [9.17, 15) is 0 Å². The van der Waals surface area contributed by atoms with Crippen LogP contribution in [0.15, 0.2) is 206 Å². The molecule has 60 heavy (non-hydrogen) atoms. The monoisotopic (exact) mass is 764 g/mol. The van der Waals surface area contributed by atoms with Gasteiger partial charge in [-0.3, -0.25) is 0 Å². The van der Waals surface area contributed by atoms with Gasteiger partial charge in [-0.2, -0.15) is 0 Å². The zero-order valence-electron chi connectivity index (χ0n) is 33.5. The van der Waals surface area contributed by atoms with Crippen molar-refractivity contribution in [3.05, 3.63) is 206 Å². The molecular weight excluding hydrogens is 725 g/mol. The zero-order chi connectivity index (χ0) is 39.9. The van der Waals surface area contributed by atoms with Crippen molar-refractivity contribution in [2.45, 2.75) is 0 Å². The molecule has 0 aliphatic heterocycles. The fourth-order valence-electron chi connectivity index (χ4n) is 10.1. The summed E-state index contributed by atoms with van der Waals surface area (Å²) in [5, 5.41) is 10.0. The van der Waals surface area contributed by atoms with Crippen LogP contribution < -0.4 is 0 Å². The van der Waals surface area contributed by atoms with Crippen LogP contribution in [0.5, 0.6) is 0 Å². The molecule has 0 unspecified atom stereocenters. The summed E-state index contributed by atoms with van der Waals surface area (Å²) < 4.78 is 4.63. The summed E-state index contributed by atoms with van der Waals surface area (Å²) in [6.07, 6.45) is 0. The molecule has 0 aliphatic rings. The molecule has 0 bridgehead atoms. The van der Waals surface area contributed by atoms with Crippen LogP contribution in [0.3, 0.4) is 0 Å². The number of hydrogen-bond donors (Lipinski definition) is 0. The number of fused-ring (bicyclic) bond motifs is 8. The van der Waals surface area contributed by atoms with E-state index in [1.165, 1.54) is 121 Å². The first-order valence-corrected chi connectivity index (χ1v) is 20.8. The van der Waals surface area contributed by atoms with Crippen molar-refractivity contribution in [1.82, 2.24) is 9.13 Å². The first-order chi connectivity index (χ1) is 29.6. The van der Waals surface area contributed by atoms with Gasteiger partial charge in [0.1, 0.15) is 0 Å². The van der Waals surface area contributed by atoms with Crippen molar-refractivity contribution in [3.8, 4) is 55.6 Å². The minimum Gasteiger partial charge on any atom is -0.344 e. The first kappa shape index (κ1) is 34.4. The maximum atomic E-state index is 2.48. The summed E-state index contributed by atoms with van der Waals surface area (Å²) >= 11 is 0. The third-order valence-electron chi connectivity index (χ3n) is 13.0. The molecule has 282 valence electrons. The average molecular weight is 765 g/mol. The van der Waals surface area contributed by atoms with E-state index in [1.807, 2.05) is 0 Å². The summed E-state index contributed by atoms with van der Waals surface area (Å²) in [5.41, 5.74) is 17.2. The van der Waals surface area contributed by atoms with Crippen LogP contribution in [-0.4, -0.2) is 9.13 Å². The van der Waals surface area contributed by atoms with Crippen LogP contribution in [0.1, 0.15) is 0 Å². The van der Waals surface area contributed by atoms with Gasteiger partial charge in [0.2, 0.25) is 0 Å². The molecule has 0 aliphatic carbocycles. The summed E-state index contributed by atoms with van der Waals surface area (Å²) in [6.45, 7) is 0. The summed E-state index contributed by atoms with van der Waals surface area (Å²) in [5.74, 6) is 0. The maximum absolute atomic E-state index is 2.48. The van der Waals surface area contributed by atoms with Crippen LogP contribution in [0.25, 0.3) is 121 Å². The van der Waals surface area contributed by atoms with E-state index >= 15 is 0 Å². The number of para-hydroxylation sites is 2. The second-order valence-electron chi connectivity index (χ2n) is 16.1. The van der Waals surface area contributed by atoms with Gasteiger partial charge < -0.3 is 9.13 Å². The predicted octanol–water partition coefficient (Wildman–Crippen LogP) is 15.6. The number of aromatic nitrogens is 2. The van der Waals surface area contributed by atoms with Crippen LogP contribution >= 0.6 is 0 Å². The molecule has 0 saturated carbocycles. The Morgan fingerprint density at radius 1 is 0.233 bits per heavy atom. The quantitative estimate of drug-likeness (QED) is 0.155. The Morgan fingerprint density at radius 3 is 1.10 bits per heavy atom. The molecule has 0 radical (unpaired) electrons. The van der Waals surface area contributed by atoms with E-state index in [-0.39, 0.29) is 0 Å². The highest BCUT2D eigenvalue weighted by molar-refractivity contribution is 6.22. The van der Waals surface area contributed by atoms with Gasteiger partial charge in [-0.15, -0.1) is 0 Å². The second-order valence-corrected chi connectivity index (χ2v) is 16.1. The fourth-order valence-corrected chi connectivity index (χ4v) is 10.1. The SMILES string of the molecule is Cn1c2ccccc2c2cc(-c3cccc4c(-c5c(-c6ccccc6)cccc5-c5ccccc5)c5cccc(-c6ccc7c(c6)c6ccccc6n7C)c5cc34)ccc21. The number of nitrogens with zero attached hydrogens (tertiary/aromatic N) is 2. The summed E-state index contributed by atoms with van der Waals surface area (Å²) in [7, 11) is 4.35. The van der Waals surface area contributed by atoms with E-state index in [1.54, 1.807) is 0 Å². The summed E-state index contributed by atoms with van der Waals surface area (Å²) in [4.78, 5) is 0. The van der Waals surface area contributed by atoms with Crippen molar-refractivity contribution >= 4 is 65.2 Å². The second kappa shape index (κ2) is 13.4. The van der Waals surface area contributed by atoms with E-state index in [0.717, 1.165) is 0 Å². The van der Waals surface area contributed by atoms with Crippen molar-refractivity contribution in [2.75, 3.05) is 0 Å². The van der Waals surface area contributed by atoms with Gasteiger partial charge in [0.15, 0.2) is 0 Å². The van der Waals surface area contributed by atoms with Crippen LogP contribution in [0.2, 0.25) is 0 Å². The Bertz CT molecular complexity index is 3430. The Kier molecular flexibility index (Phi) is 7.70. The molecule has 0 fully saturated rings. The van der Waals surface area contributed by atoms with Gasteiger partial charge in [0.25, 0.3) is 0 Å². The highest BCUT2D eigenvalue weighted by Crippen LogP contribution is 2.49. The molecule has 0 N–H and O–H groups in total. The molecule has 12 aromatic rings. The molecule has 2 heteroatoms. The van der Waals surface area contributed by atoms with Gasteiger partial charge in [-0.25, -0.2) is 0 Å². The lowest BCUT2D eigenvalue weighted by molar-refractivity contribution is 1.01. The van der Waals surface area contributed by atoms with Gasteiger partial charge in [0.05, 0.1) is 0 Å². The van der Waals surface area contributed by atoms with Gasteiger partial charge in [-0.05, 0) is 120 Å². The lowest BCUT2D eigenvalue weighted by Gasteiger charge is -2.22. The normalized spacial score (nSPS) is 11.8. The molecule has 12 rings (SSSR count). The number of benzene rings is 10. The largest absolute Gasteiger partial charge is 0.344 e. The molecule has 2 nitrogen and oxygen atoms in total. The van der Waals surface area contributed by atoms with Crippen LogP contribution in [-0.2, 0) is 14.1 Å². The Hall–Kier alpha value is -7.68. The highest BCUT2D eigenvalue weighted by atomic mass is 14.9. The molecule has 0 atom stereocenters. The van der Waals surface area contributed by atoms with Crippen molar-refractivity contribution in [2.24, 2.45) is 14.1 Å². The van der Waals surface area contributed by atoms with Gasteiger partial charge >= 0.3 is 0 Å². The molecule has 0 saturated heterocycles. The van der Waals surface area contributed by atoms with Crippen molar-refractivity contribution < 1.29 is 0 Å². The standard InChI is InChI=1S/C58H40N2/c1-59-53-28-11-9-20-45(53)51-34-39(30-32-55(51)59)41-22-13-26-47-49(41)36-50-42(40-31-33-56-52(35-40)46-21-10-12-29-54(46)60(56)2)23-14-27-48(50)58(47)57-43(37-16-5-3-6-17-37)24-15-25-44(57)38-18-7-4-8-19-38/h3-36H,1-2H3. The van der Waals surface area contributed by atoms with Crippen molar-refractivity contribution in [1.29, 1.82) is 0 Å². The Balaban J connectivity index is 1.22. The van der Waals surface area contributed by atoms with Crippen molar-refractivity contribution in [3.63, 3.8) is 0 Å². The lowest BCUT2D eigenvalue weighted by Crippen LogP contribution is -1.95. The topological polar surface area (TPSA) is 9.86 Å². The van der Waals surface area contributed by atoms with E-state index in [2.05, 4.69) is 229 Å². The third-order valence-corrected chi connectivity index (χ3v) is 13.0. The average Bonchev–Trinajstić information content (AvgIpc) is 3.77. The number of rotatable bonds is 5. The van der Waals surface area contributed by atoms with E-state index in [4.69, 9.17) is 0 Å². The van der Waals surface area contributed by atoms with E-state index in [0.29, 0.717) is 0 Å².